The van der Waals surface area contributed by atoms with E-state index in [1.54, 1.807) is 7.11 Å². The van der Waals surface area contributed by atoms with Gasteiger partial charge in [-0.3, -0.25) is 4.79 Å². The third-order valence-electron chi connectivity index (χ3n) is 2.90. The zero-order valence-corrected chi connectivity index (χ0v) is 11.9. The smallest absolute Gasteiger partial charge is 0.221 e. The number of carbonyl (C=O) groups is 1. The van der Waals surface area contributed by atoms with Gasteiger partial charge in [-0.1, -0.05) is 0 Å². The van der Waals surface area contributed by atoms with Crippen LogP contribution >= 0.6 is 0 Å². The summed E-state index contributed by atoms with van der Waals surface area (Å²) >= 11 is 0. The summed E-state index contributed by atoms with van der Waals surface area (Å²) in [6.45, 7) is 2.21. The predicted molar refractivity (Wildman–Crippen MR) is 80.0 cm³/mol. The first-order valence-corrected chi connectivity index (χ1v) is 6.39. The van der Waals surface area contributed by atoms with Crippen molar-refractivity contribution in [3.8, 4) is 5.75 Å². The zero-order valence-electron chi connectivity index (χ0n) is 11.9. The molecule has 2 aromatic rings. The van der Waals surface area contributed by atoms with Gasteiger partial charge >= 0.3 is 0 Å². The van der Waals surface area contributed by atoms with Crippen LogP contribution in [0.3, 0.4) is 0 Å². The summed E-state index contributed by atoms with van der Waals surface area (Å²) in [7, 11) is 3.58. The minimum Gasteiger partial charge on any atom is -0.494 e. The van der Waals surface area contributed by atoms with Crippen molar-refractivity contribution in [2.45, 2.75) is 13.5 Å². The largest absolute Gasteiger partial charge is 0.494 e. The summed E-state index contributed by atoms with van der Waals surface area (Å²) in [5.41, 5.74) is 2.82. The Bertz CT molecular complexity index is 605. The van der Waals surface area contributed by atoms with E-state index < -0.39 is 0 Å². The summed E-state index contributed by atoms with van der Waals surface area (Å²) in [5.74, 6) is 0.520. The number of hydrogen-bond donors (Lipinski definition) is 2. The van der Waals surface area contributed by atoms with E-state index >= 15 is 0 Å². The topological polar surface area (TPSA) is 55.3 Å². The molecule has 0 fully saturated rings. The molecule has 0 radical (unpaired) electrons. The molecule has 0 saturated carbocycles. The van der Waals surface area contributed by atoms with Crippen LogP contribution in [0.15, 0.2) is 36.7 Å². The Hall–Kier alpha value is -2.43. The van der Waals surface area contributed by atoms with Crippen molar-refractivity contribution in [1.29, 1.82) is 0 Å². The number of aromatic nitrogens is 1. The van der Waals surface area contributed by atoms with E-state index in [-0.39, 0.29) is 5.91 Å². The van der Waals surface area contributed by atoms with Crippen molar-refractivity contribution in [3.05, 3.63) is 42.2 Å². The summed E-state index contributed by atoms with van der Waals surface area (Å²) < 4.78 is 7.30. The maximum absolute atomic E-state index is 11.1. The van der Waals surface area contributed by atoms with Gasteiger partial charge in [0.25, 0.3) is 0 Å². The Morgan fingerprint density at radius 1 is 1.35 bits per heavy atom. The highest BCUT2D eigenvalue weighted by molar-refractivity contribution is 5.90. The molecule has 5 heteroatoms. The molecule has 0 unspecified atom stereocenters. The van der Waals surface area contributed by atoms with Crippen LogP contribution in [-0.2, 0) is 18.4 Å². The summed E-state index contributed by atoms with van der Waals surface area (Å²) in [6, 6.07) is 7.68. The minimum atomic E-state index is -0.117. The normalized spacial score (nSPS) is 10.2. The molecule has 20 heavy (non-hydrogen) atoms. The van der Waals surface area contributed by atoms with Crippen LogP contribution < -0.4 is 15.4 Å². The van der Waals surface area contributed by atoms with Crippen molar-refractivity contribution < 1.29 is 9.53 Å². The first kappa shape index (κ1) is 14.0. The maximum Gasteiger partial charge on any atom is 0.221 e. The number of anilines is 2. The maximum atomic E-state index is 11.1. The first-order valence-electron chi connectivity index (χ1n) is 6.39. The third-order valence-corrected chi connectivity index (χ3v) is 2.90. The molecule has 1 heterocycles. The van der Waals surface area contributed by atoms with Gasteiger partial charge in [-0.25, -0.2) is 0 Å². The second-order valence-electron chi connectivity index (χ2n) is 4.64. The summed E-state index contributed by atoms with van der Waals surface area (Å²) in [5, 5.41) is 6.06. The van der Waals surface area contributed by atoms with Crippen molar-refractivity contribution >= 4 is 17.3 Å². The lowest BCUT2D eigenvalue weighted by Gasteiger charge is -2.12. The van der Waals surface area contributed by atoms with E-state index in [0.29, 0.717) is 11.4 Å². The Kier molecular flexibility index (Phi) is 4.30. The average molecular weight is 273 g/mol. The summed E-state index contributed by atoms with van der Waals surface area (Å²) in [4.78, 5) is 11.1. The molecule has 0 aliphatic carbocycles. The van der Waals surface area contributed by atoms with Crippen molar-refractivity contribution in [3.63, 3.8) is 0 Å². The number of carbonyl (C=O) groups excluding carboxylic acids is 1. The van der Waals surface area contributed by atoms with Gasteiger partial charge in [-0.15, -0.1) is 0 Å². The standard InChI is InChI=1S/C15H19N3O2/c1-11(19)17-14-5-4-13(8-15(14)20-3)16-9-12-6-7-18(2)10-12/h4-8,10,16H,9H2,1-3H3,(H,17,19). The fraction of sp³-hybridized carbons (Fsp3) is 0.267. The second-order valence-corrected chi connectivity index (χ2v) is 4.64. The lowest BCUT2D eigenvalue weighted by atomic mass is 10.2. The Labute approximate surface area is 118 Å². The van der Waals surface area contributed by atoms with Crippen LogP contribution in [0.2, 0.25) is 0 Å². The number of ether oxygens (including phenoxy) is 1. The molecule has 5 nitrogen and oxygen atoms in total. The van der Waals surface area contributed by atoms with Crippen molar-refractivity contribution in [2.24, 2.45) is 7.05 Å². The molecular formula is C15H19N3O2. The number of methoxy groups -OCH3 is 1. The van der Waals surface area contributed by atoms with Crippen LogP contribution in [0.5, 0.6) is 5.75 Å². The number of rotatable bonds is 5. The van der Waals surface area contributed by atoms with Crippen LogP contribution in [0.4, 0.5) is 11.4 Å². The molecule has 1 aromatic heterocycles. The molecule has 2 N–H and O–H groups in total. The molecule has 0 aliphatic rings. The fourth-order valence-corrected chi connectivity index (χ4v) is 1.96. The Morgan fingerprint density at radius 2 is 2.15 bits per heavy atom. The van der Waals surface area contributed by atoms with Crippen LogP contribution in [0.1, 0.15) is 12.5 Å². The van der Waals surface area contributed by atoms with E-state index in [1.165, 1.54) is 12.5 Å². The first-order chi connectivity index (χ1) is 9.58. The summed E-state index contributed by atoms with van der Waals surface area (Å²) in [6.07, 6.45) is 4.08. The highest BCUT2D eigenvalue weighted by Crippen LogP contribution is 2.28. The number of hydrogen-bond acceptors (Lipinski definition) is 3. The molecule has 0 aliphatic heterocycles. The molecule has 0 spiro atoms. The van der Waals surface area contributed by atoms with Gasteiger partial charge < -0.3 is 19.9 Å². The van der Waals surface area contributed by atoms with Gasteiger partial charge in [0.1, 0.15) is 5.75 Å². The van der Waals surface area contributed by atoms with Crippen molar-refractivity contribution in [1.82, 2.24) is 4.57 Å². The molecule has 0 atom stereocenters. The number of aryl methyl sites for hydroxylation is 1. The van der Waals surface area contributed by atoms with Gasteiger partial charge in [0.15, 0.2) is 0 Å². The lowest BCUT2D eigenvalue weighted by molar-refractivity contribution is -0.114. The number of nitrogens with zero attached hydrogens (tertiary/aromatic N) is 1. The molecular weight excluding hydrogens is 254 g/mol. The third kappa shape index (κ3) is 3.54. The van der Waals surface area contributed by atoms with Crippen LogP contribution in [0, 0.1) is 0 Å². The lowest BCUT2D eigenvalue weighted by Crippen LogP contribution is -2.07. The second kappa shape index (κ2) is 6.14. The van der Waals surface area contributed by atoms with Gasteiger partial charge in [-0.05, 0) is 23.8 Å². The van der Waals surface area contributed by atoms with E-state index in [9.17, 15) is 4.79 Å². The van der Waals surface area contributed by atoms with E-state index in [0.717, 1.165) is 12.2 Å². The molecule has 0 bridgehead atoms. The number of amides is 1. The predicted octanol–water partition coefficient (Wildman–Crippen LogP) is 2.60. The Morgan fingerprint density at radius 3 is 2.75 bits per heavy atom. The zero-order chi connectivity index (χ0) is 14.5. The molecule has 2 rings (SSSR count). The van der Waals surface area contributed by atoms with Crippen LogP contribution in [0.25, 0.3) is 0 Å². The molecule has 1 aromatic carbocycles. The quantitative estimate of drug-likeness (QED) is 0.880. The monoisotopic (exact) mass is 273 g/mol. The molecule has 1 amide bonds. The Balaban J connectivity index is 2.07. The van der Waals surface area contributed by atoms with E-state index in [2.05, 4.69) is 22.9 Å². The van der Waals surface area contributed by atoms with Crippen LogP contribution in [-0.4, -0.2) is 17.6 Å². The molecule has 106 valence electrons. The van der Waals surface area contributed by atoms with Gasteiger partial charge in [0, 0.05) is 44.7 Å². The van der Waals surface area contributed by atoms with E-state index in [4.69, 9.17) is 4.74 Å². The highest BCUT2D eigenvalue weighted by Gasteiger charge is 2.06. The number of nitrogens with one attached hydrogen (secondary N) is 2. The number of benzene rings is 1. The van der Waals surface area contributed by atoms with Gasteiger partial charge in [0.05, 0.1) is 12.8 Å². The van der Waals surface area contributed by atoms with Gasteiger partial charge in [-0.2, -0.15) is 0 Å². The molecule has 0 saturated heterocycles. The van der Waals surface area contributed by atoms with Gasteiger partial charge in [0.2, 0.25) is 5.91 Å². The fourth-order valence-electron chi connectivity index (χ4n) is 1.96. The SMILES string of the molecule is COc1cc(NCc2ccn(C)c2)ccc1NC(C)=O. The van der Waals surface area contributed by atoms with E-state index in [1.807, 2.05) is 36.0 Å². The average Bonchev–Trinajstić information content (AvgIpc) is 2.83. The minimum absolute atomic E-state index is 0.117. The highest BCUT2D eigenvalue weighted by atomic mass is 16.5. The van der Waals surface area contributed by atoms with Crippen molar-refractivity contribution in [2.75, 3.05) is 17.7 Å².